The molecule has 3 rings (SSSR count). The summed E-state index contributed by atoms with van der Waals surface area (Å²) in [7, 11) is 0. The summed E-state index contributed by atoms with van der Waals surface area (Å²) in [4.78, 5) is 40.4. The van der Waals surface area contributed by atoms with E-state index >= 15 is 0 Å². The fourth-order valence-electron chi connectivity index (χ4n) is 3.38. The fourth-order valence-corrected chi connectivity index (χ4v) is 3.38. The Kier molecular flexibility index (Phi) is 3.60. The van der Waals surface area contributed by atoms with E-state index in [0.29, 0.717) is 39.1 Å². The van der Waals surface area contributed by atoms with Crippen LogP contribution in [-0.2, 0) is 4.79 Å². The lowest BCUT2D eigenvalue weighted by atomic mass is 10.0. The number of piperidine rings is 1. The molecule has 0 aliphatic carbocycles. The third kappa shape index (κ3) is 2.50. The maximum absolute atomic E-state index is 12.6. The first-order valence-electron chi connectivity index (χ1n) is 7.41. The van der Waals surface area contributed by atoms with Gasteiger partial charge in [-0.1, -0.05) is 0 Å². The van der Waals surface area contributed by atoms with Gasteiger partial charge in [0.25, 0.3) is 0 Å². The molecule has 0 saturated carbocycles. The number of carbonyl (C=O) groups is 3. The van der Waals surface area contributed by atoms with Crippen LogP contribution in [0.2, 0.25) is 0 Å². The lowest BCUT2D eigenvalue weighted by molar-refractivity contribution is -0.143. The number of hydrogen-bond acceptors (Lipinski definition) is 3. The van der Waals surface area contributed by atoms with Gasteiger partial charge in [0, 0.05) is 32.7 Å². The molecular formula is C13H20N4O4. The second-order valence-corrected chi connectivity index (χ2v) is 5.81. The molecule has 2 atom stereocenters. The largest absolute Gasteiger partial charge is 0.480 e. The van der Waals surface area contributed by atoms with Crippen molar-refractivity contribution in [3.8, 4) is 0 Å². The third-order valence-corrected chi connectivity index (χ3v) is 4.54. The highest BCUT2D eigenvalue weighted by Crippen LogP contribution is 2.21. The number of urea groups is 2. The molecule has 3 aliphatic heterocycles. The van der Waals surface area contributed by atoms with Crippen LogP contribution in [0.5, 0.6) is 0 Å². The molecule has 3 heterocycles. The molecule has 0 radical (unpaired) electrons. The molecule has 3 aliphatic rings. The van der Waals surface area contributed by atoms with Crippen molar-refractivity contribution in [3.63, 3.8) is 0 Å². The van der Waals surface area contributed by atoms with Crippen molar-refractivity contribution in [2.45, 2.75) is 31.3 Å². The summed E-state index contributed by atoms with van der Waals surface area (Å²) >= 11 is 0. The van der Waals surface area contributed by atoms with Gasteiger partial charge >= 0.3 is 18.0 Å². The summed E-state index contributed by atoms with van der Waals surface area (Å²) in [5.41, 5.74) is 0. The van der Waals surface area contributed by atoms with Crippen LogP contribution in [0.1, 0.15) is 19.3 Å². The maximum Gasteiger partial charge on any atom is 0.326 e. The monoisotopic (exact) mass is 296 g/mol. The van der Waals surface area contributed by atoms with E-state index in [4.69, 9.17) is 0 Å². The number of nitrogens with one attached hydrogen (secondary N) is 1. The van der Waals surface area contributed by atoms with E-state index < -0.39 is 12.0 Å². The first-order valence-corrected chi connectivity index (χ1v) is 7.41. The van der Waals surface area contributed by atoms with Crippen LogP contribution in [0.15, 0.2) is 0 Å². The number of aliphatic carboxylic acids is 1. The molecule has 116 valence electrons. The van der Waals surface area contributed by atoms with Crippen molar-refractivity contribution in [2.75, 3.05) is 32.7 Å². The molecule has 3 fully saturated rings. The van der Waals surface area contributed by atoms with Gasteiger partial charge in [-0.2, -0.15) is 0 Å². The highest BCUT2D eigenvalue weighted by Gasteiger charge is 2.40. The van der Waals surface area contributed by atoms with Crippen LogP contribution in [0.3, 0.4) is 0 Å². The van der Waals surface area contributed by atoms with E-state index in [1.165, 1.54) is 4.90 Å². The zero-order valence-corrected chi connectivity index (χ0v) is 11.8. The molecule has 2 unspecified atom stereocenters. The second kappa shape index (κ2) is 5.42. The molecule has 0 bridgehead atoms. The Morgan fingerprint density at radius 1 is 1.19 bits per heavy atom. The highest BCUT2D eigenvalue weighted by molar-refractivity contribution is 5.83. The predicted molar refractivity (Wildman–Crippen MR) is 72.8 cm³/mol. The lowest BCUT2D eigenvalue weighted by Crippen LogP contribution is -2.59. The number of amides is 4. The van der Waals surface area contributed by atoms with Crippen LogP contribution in [0.4, 0.5) is 9.59 Å². The fraction of sp³-hybridized carbons (Fsp3) is 0.769. The van der Waals surface area contributed by atoms with Crippen molar-refractivity contribution in [1.29, 1.82) is 0 Å². The summed E-state index contributed by atoms with van der Waals surface area (Å²) in [5.74, 6) is -0.931. The van der Waals surface area contributed by atoms with Crippen LogP contribution in [0, 0.1) is 0 Å². The molecule has 0 aromatic rings. The SMILES string of the molecule is O=C(O)C1CCCCN1C(=O)N1CCN2C(=O)NCC2C1. The van der Waals surface area contributed by atoms with Gasteiger partial charge in [-0.25, -0.2) is 14.4 Å². The van der Waals surface area contributed by atoms with Crippen molar-refractivity contribution >= 4 is 18.0 Å². The molecule has 3 saturated heterocycles. The van der Waals surface area contributed by atoms with Crippen molar-refractivity contribution in [1.82, 2.24) is 20.0 Å². The number of likely N-dealkylation sites (tertiary alicyclic amines) is 1. The topological polar surface area (TPSA) is 93.2 Å². The second-order valence-electron chi connectivity index (χ2n) is 5.81. The van der Waals surface area contributed by atoms with Crippen LogP contribution in [-0.4, -0.2) is 82.6 Å². The standard InChI is InChI=1S/C13H20N4O4/c18-11(19)10-3-1-2-4-17(10)13(21)15-5-6-16-9(8-15)7-14-12(16)20/h9-10H,1-8H2,(H,14,20)(H,18,19). The van der Waals surface area contributed by atoms with E-state index in [1.54, 1.807) is 9.80 Å². The number of carbonyl (C=O) groups excluding carboxylic acids is 2. The Labute approximate surface area is 122 Å². The Bertz CT molecular complexity index is 469. The summed E-state index contributed by atoms with van der Waals surface area (Å²) in [6.45, 7) is 2.49. The molecule has 8 nitrogen and oxygen atoms in total. The van der Waals surface area contributed by atoms with Gasteiger partial charge in [-0.3, -0.25) is 0 Å². The van der Waals surface area contributed by atoms with Crippen molar-refractivity contribution in [3.05, 3.63) is 0 Å². The first-order chi connectivity index (χ1) is 10.1. The van der Waals surface area contributed by atoms with Crippen LogP contribution in [0.25, 0.3) is 0 Å². The zero-order chi connectivity index (χ0) is 15.0. The summed E-state index contributed by atoms with van der Waals surface area (Å²) < 4.78 is 0. The minimum atomic E-state index is -0.931. The quantitative estimate of drug-likeness (QED) is 0.698. The Hall–Kier alpha value is -1.99. The zero-order valence-electron chi connectivity index (χ0n) is 11.8. The minimum absolute atomic E-state index is 0.00303. The van der Waals surface area contributed by atoms with Gasteiger partial charge in [-0.05, 0) is 19.3 Å². The van der Waals surface area contributed by atoms with Gasteiger partial charge in [0.2, 0.25) is 0 Å². The summed E-state index contributed by atoms with van der Waals surface area (Å²) in [6, 6.07) is -0.995. The number of piperazine rings is 1. The number of hydrogen-bond donors (Lipinski definition) is 2. The first kappa shape index (κ1) is 14.0. The van der Waals surface area contributed by atoms with E-state index in [1.807, 2.05) is 0 Å². The average molecular weight is 296 g/mol. The lowest BCUT2D eigenvalue weighted by Gasteiger charge is -2.41. The number of carboxylic acids is 1. The summed E-state index contributed by atoms with van der Waals surface area (Å²) in [6.07, 6.45) is 2.21. The van der Waals surface area contributed by atoms with Crippen LogP contribution < -0.4 is 5.32 Å². The normalized spacial score (nSPS) is 29.1. The third-order valence-electron chi connectivity index (χ3n) is 4.54. The molecule has 0 aromatic carbocycles. The molecule has 4 amide bonds. The molecule has 2 N–H and O–H groups in total. The van der Waals surface area contributed by atoms with E-state index in [-0.39, 0.29) is 18.1 Å². The van der Waals surface area contributed by atoms with Gasteiger partial charge in [-0.15, -0.1) is 0 Å². The van der Waals surface area contributed by atoms with E-state index in [2.05, 4.69) is 5.32 Å². The Morgan fingerprint density at radius 2 is 2.00 bits per heavy atom. The molecule has 8 heteroatoms. The Morgan fingerprint density at radius 3 is 2.76 bits per heavy atom. The molecular weight excluding hydrogens is 276 g/mol. The van der Waals surface area contributed by atoms with Crippen molar-refractivity contribution < 1.29 is 19.5 Å². The molecule has 0 spiro atoms. The minimum Gasteiger partial charge on any atom is -0.480 e. The molecule has 0 aromatic heterocycles. The highest BCUT2D eigenvalue weighted by atomic mass is 16.4. The van der Waals surface area contributed by atoms with E-state index in [0.717, 1.165) is 12.8 Å². The maximum atomic E-state index is 12.6. The number of rotatable bonds is 1. The van der Waals surface area contributed by atoms with Gasteiger partial charge < -0.3 is 25.1 Å². The van der Waals surface area contributed by atoms with Gasteiger partial charge in [0.05, 0.1) is 6.04 Å². The summed E-state index contributed by atoms with van der Waals surface area (Å²) in [5, 5.41) is 12.0. The average Bonchev–Trinajstić information content (AvgIpc) is 2.87. The smallest absolute Gasteiger partial charge is 0.326 e. The predicted octanol–water partition coefficient (Wildman–Crippen LogP) is -0.245. The Balaban J connectivity index is 1.67. The number of fused-ring (bicyclic) bond motifs is 1. The van der Waals surface area contributed by atoms with Crippen molar-refractivity contribution in [2.24, 2.45) is 0 Å². The van der Waals surface area contributed by atoms with Crippen LogP contribution >= 0.6 is 0 Å². The number of carboxylic acid groups (broad SMARTS) is 1. The number of nitrogens with zero attached hydrogens (tertiary/aromatic N) is 3. The van der Waals surface area contributed by atoms with Gasteiger partial charge in [0.15, 0.2) is 0 Å². The van der Waals surface area contributed by atoms with E-state index in [9.17, 15) is 19.5 Å². The molecule has 21 heavy (non-hydrogen) atoms. The van der Waals surface area contributed by atoms with Gasteiger partial charge in [0.1, 0.15) is 6.04 Å².